The summed E-state index contributed by atoms with van der Waals surface area (Å²) in [5.41, 5.74) is 0.581. The molecular weight excluding hydrogens is 300 g/mol. The maximum Gasteiger partial charge on any atom is 0.292 e. The number of hydrogen-bond donors (Lipinski definition) is 0. The van der Waals surface area contributed by atoms with Crippen molar-refractivity contribution in [2.75, 3.05) is 10.8 Å². The van der Waals surface area contributed by atoms with Crippen molar-refractivity contribution in [2.45, 2.75) is 12.5 Å². The van der Waals surface area contributed by atoms with Crippen LogP contribution in [0.4, 0.5) is 5.69 Å². The van der Waals surface area contributed by atoms with Gasteiger partial charge in [-0.2, -0.15) is 13.7 Å². The number of para-hydroxylation sites is 1. The molecule has 0 spiro atoms. The molecule has 1 aliphatic rings. The van der Waals surface area contributed by atoms with Crippen molar-refractivity contribution >= 4 is 15.8 Å². The first-order valence-electron chi connectivity index (χ1n) is 6.73. The lowest BCUT2D eigenvalue weighted by atomic mass is 9.92. The Balaban J connectivity index is 2.23. The smallest absolute Gasteiger partial charge is 0.210 e. The molecule has 0 saturated carbocycles. The first-order valence-corrected chi connectivity index (χ1v) is 8.31. The van der Waals surface area contributed by atoms with E-state index in [2.05, 4.69) is 6.07 Å². The molecule has 0 N–H and O–H groups in total. The summed E-state index contributed by atoms with van der Waals surface area (Å²) in [5, 5.41) is 11.0. The molecule has 6 heteroatoms. The molecule has 2 aromatic carbocycles. The lowest BCUT2D eigenvalue weighted by Gasteiger charge is -2.31. The Morgan fingerprint density at radius 1 is 1.14 bits per heavy atom. The van der Waals surface area contributed by atoms with E-state index in [-0.39, 0.29) is 0 Å². The average Bonchev–Trinajstić information content (AvgIpc) is 2.81. The van der Waals surface area contributed by atoms with Gasteiger partial charge >= 0.3 is 0 Å². The lowest BCUT2D eigenvalue weighted by molar-refractivity contribution is 0.265. The molecule has 1 aliphatic heterocycles. The fraction of sp³-hybridized carbons (Fsp3) is 0.188. The van der Waals surface area contributed by atoms with E-state index >= 15 is 0 Å². The highest BCUT2D eigenvalue weighted by Gasteiger charge is 2.53. The normalized spacial score (nSPS) is 23.2. The number of aryl methyl sites for hydroxylation is 1. The van der Waals surface area contributed by atoms with Gasteiger partial charge in [0.05, 0.1) is 11.8 Å². The third-order valence-corrected chi connectivity index (χ3v) is 4.84. The first kappa shape index (κ1) is 14.6. The van der Waals surface area contributed by atoms with Gasteiger partial charge in [0.15, 0.2) is 5.54 Å². The monoisotopic (exact) mass is 314 g/mol. The first-order chi connectivity index (χ1) is 10.5. The molecule has 0 unspecified atom stereocenters. The van der Waals surface area contributed by atoms with Gasteiger partial charge in [0.2, 0.25) is 0 Å². The van der Waals surface area contributed by atoms with E-state index in [1.54, 1.807) is 36.4 Å². The third kappa shape index (κ3) is 2.25. The van der Waals surface area contributed by atoms with Gasteiger partial charge in [0, 0.05) is 0 Å². The molecule has 0 aromatic heterocycles. The highest BCUT2D eigenvalue weighted by Crippen LogP contribution is 2.41. The number of anilines is 1. The Morgan fingerprint density at radius 2 is 1.77 bits per heavy atom. The molecule has 0 amide bonds. The summed E-state index contributed by atoms with van der Waals surface area (Å²) >= 11 is 0. The van der Waals surface area contributed by atoms with Crippen LogP contribution in [0.1, 0.15) is 11.1 Å². The maximum atomic E-state index is 12.1. The number of rotatable bonds is 2. The zero-order valence-corrected chi connectivity index (χ0v) is 12.7. The van der Waals surface area contributed by atoms with E-state index in [1.807, 2.05) is 25.1 Å². The van der Waals surface area contributed by atoms with E-state index in [9.17, 15) is 13.7 Å². The molecular formula is C16H14N2O3S. The van der Waals surface area contributed by atoms with Crippen LogP contribution in [-0.2, 0) is 19.9 Å². The molecule has 1 saturated heterocycles. The van der Waals surface area contributed by atoms with Gasteiger partial charge in [-0.15, -0.1) is 4.28 Å². The highest BCUT2D eigenvalue weighted by atomic mass is 32.2. The summed E-state index contributed by atoms with van der Waals surface area (Å²) in [6, 6.07) is 18.2. The van der Waals surface area contributed by atoms with Crippen LogP contribution in [0.3, 0.4) is 0 Å². The molecule has 0 aliphatic carbocycles. The summed E-state index contributed by atoms with van der Waals surface area (Å²) in [6.07, 6.45) is 0. The molecule has 0 radical (unpaired) electrons. The van der Waals surface area contributed by atoms with Crippen LogP contribution in [0.2, 0.25) is 0 Å². The number of hydroxylamine groups is 1. The van der Waals surface area contributed by atoms with Crippen molar-refractivity contribution in [3.63, 3.8) is 0 Å². The summed E-state index contributed by atoms with van der Waals surface area (Å²) in [5.74, 6) is -0.408. The van der Waals surface area contributed by atoms with Crippen molar-refractivity contribution in [3.8, 4) is 6.07 Å². The van der Waals surface area contributed by atoms with Crippen molar-refractivity contribution in [2.24, 2.45) is 0 Å². The minimum Gasteiger partial charge on any atom is -0.210 e. The van der Waals surface area contributed by atoms with Crippen molar-refractivity contribution in [1.82, 2.24) is 0 Å². The molecule has 1 atom stereocenters. The fourth-order valence-electron chi connectivity index (χ4n) is 2.61. The van der Waals surface area contributed by atoms with Crippen molar-refractivity contribution < 1.29 is 12.7 Å². The van der Waals surface area contributed by atoms with Crippen LogP contribution in [0.5, 0.6) is 0 Å². The second-order valence-electron chi connectivity index (χ2n) is 5.20. The molecule has 112 valence electrons. The van der Waals surface area contributed by atoms with E-state index in [0.29, 0.717) is 11.3 Å². The summed E-state index contributed by atoms with van der Waals surface area (Å²) in [7, 11) is -3.82. The molecule has 1 fully saturated rings. The average molecular weight is 314 g/mol. The summed E-state index contributed by atoms with van der Waals surface area (Å²) in [6.45, 7) is 1.84. The van der Waals surface area contributed by atoms with Gasteiger partial charge in [-0.05, 0) is 24.1 Å². The van der Waals surface area contributed by atoms with Gasteiger partial charge in [0.1, 0.15) is 5.75 Å². The minimum absolute atomic E-state index is 0.408. The molecule has 2 aromatic rings. The fourth-order valence-corrected chi connectivity index (χ4v) is 3.96. The quantitative estimate of drug-likeness (QED) is 0.851. The summed E-state index contributed by atoms with van der Waals surface area (Å²) < 4.78 is 29.3. The van der Waals surface area contributed by atoms with Crippen LogP contribution >= 0.6 is 0 Å². The maximum absolute atomic E-state index is 12.1. The number of nitriles is 1. The summed E-state index contributed by atoms with van der Waals surface area (Å²) in [4.78, 5) is 0. The molecule has 22 heavy (non-hydrogen) atoms. The van der Waals surface area contributed by atoms with Crippen LogP contribution in [0.25, 0.3) is 0 Å². The molecule has 3 rings (SSSR count). The molecule has 5 nitrogen and oxygen atoms in total. The van der Waals surface area contributed by atoms with Crippen LogP contribution < -0.4 is 5.06 Å². The zero-order valence-electron chi connectivity index (χ0n) is 11.9. The predicted octanol–water partition coefficient (Wildman–Crippen LogP) is 2.50. The Bertz CT molecular complexity index is 843. The van der Waals surface area contributed by atoms with Gasteiger partial charge < -0.3 is 0 Å². The standard InChI is InChI=1S/C16H14N2O3S/c1-13-7-5-6-10-15(13)18-16(11-17,12-22(19,20)21-18)14-8-3-2-4-9-14/h2-10H,12H2,1H3/t16-/m0/s1. The minimum atomic E-state index is -3.82. The van der Waals surface area contributed by atoms with Crippen LogP contribution in [-0.4, -0.2) is 14.2 Å². The second-order valence-corrected chi connectivity index (χ2v) is 6.75. The molecule has 0 bridgehead atoms. The second kappa shape index (κ2) is 5.13. The Morgan fingerprint density at radius 3 is 2.41 bits per heavy atom. The number of hydrogen-bond acceptors (Lipinski definition) is 5. The van der Waals surface area contributed by atoms with E-state index in [4.69, 9.17) is 4.28 Å². The Labute approximate surface area is 129 Å². The lowest BCUT2D eigenvalue weighted by Crippen LogP contribution is -2.41. The van der Waals surface area contributed by atoms with Crippen molar-refractivity contribution in [3.05, 3.63) is 65.7 Å². The largest absolute Gasteiger partial charge is 0.292 e. The van der Waals surface area contributed by atoms with Crippen LogP contribution in [0, 0.1) is 18.3 Å². The van der Waals surface area contributed by atoms with Crippen LogP contribution in [0.15, 0.2) is 54.6 Å². The van der Waals surface area contributed by atoms with Gasteiger partial charge in [0.25, 0.3) is 10.1 Å². The molecule has 1 heterocycles. The van der Waals surface area contributed by atoms with Gasteiger partial charge in [-0.25, -0.2) is 5.06 Å². The number of benzene rings is 2. The highest BCUT2D eigenvalue weighted by molar-refractivity contribution is 7.87. The van der Waals surface area contributed by atoms with E-state index in [1.165, 1.54) is 5.06 Å². The third-order valence-electron chi connectivity index (χ3n) is 3.69. The predicted molar refractivity (Wildman–Crippen MR) is 82.3 cm³/mol. The van der Waals surface area contributed by atoms with E-state index < -0.39 is 21.4 Å². The van der Waals surface area contributed by atoms with Gasteiger partial charge in [-0.3, -0.25) is 0 Å². The van der Waals surface area contributed by atoms with Gasteiger partial charge in [-0.1, -0.05) is 48.5 Å². The topological polar surface area (TPSA) is 70.4 Å². The Kier molecular flexibility index (Phi) is 3.39. The number of nitrogens with zero attached hydrogens (tertiary/aromatic N) is 2. The Hall–Kier alpha value is -2.36. The van der Waals surface area contributed by atoms with E-state index in [0.717, 1.165) is 5.56 Å². The SMILES string of the molecule is Cc1ccccc1N1OS(=O)(=O)C[C@@]1(C#N)c1ccccc1. The van der Waals surface area contributed by atoms with Crippen molar-refractivity contribution in [1.29, 1.82) is 5.26 Å². The zero-order chi connectivity index (χ0) is 15.8.